The van der Waals surface area contributed by atoms with Crippen molar-refractivity contribution in [3.05, 3.63) is 65.5 Å². The number of hydrogen-bond donors (Lipinski definition) is 1. The van der Waals surface area contributed by atoms with Gasteiger partial charge in [-0.3, -0.25) is 14.4 Å². The van der Waals surface area contributed by atoms with E-state index in [0.717, 1.165) is 17.7 Å². The van der Waals surface area contributed by atoms with Crippen molar-refractivity contribution in [1.82, 2.24) is 4.90 Å². The Hall–Kier alpha value is -3.22. The van der Waals surface area contributed by atoms with Gasteiger partial charge in [-0.2, -0.15) is 0 Å². The Kier molecular flexibility index (Phi) is 8.20. The van der Waals surface area contributed by atoms with Gasteiger partial charge in [0.1, 0.15) is 5.82 Å². The van der Waals surface area contributed by atoms with Gasteiger partial charge < -0.3 is 15.0 Å². The molecule has 1 aliphatic heterocycles. The summed E-state index contributed by atoms with van der Waals surface area (Å²) in [7, 11) is 0. The molecule has 0 saturated carbocycles. The first kappa shape index (κ1) is 24.4. The molecular formula is C26H31FN2O4. The van der Waals surface area contributed by atoms with Crippen LogP contribution in [-0.2, 0) is 14.3 Å². The second kappa shape index (κ2) is 11.1. The summed E-state index contributed by atoms with van der Waals surface area (Å²) in [4.78, 5) is 39.5. The summed E-state index contributed by atoms with van der Waals surface area (Å²) in [6, 6.07) is 13.1. The molecule has 3 rings (SSSR count). The van der Waals surface area contributed by atoms with E-state index in [0.29, 0.717) is 37.4 Å². The highest BCUT2D eigenvalue weighted by Gasteiger charge is 2.31. The van der Waals surface area contributed by atoms with E-state index >= 15 is 0 Å². The number of benzene rings is 2. The SMILES string of the molecule is CCC(C)c1ccccc1NC(=O)C(C)OC(=O)C1CCN(C(=O)c2ccc(F)cc2)CC1. The maximum absolute atomic E-state index is 13.1. The third-order valence-electron chi connectivity index (χ3n) is 6.23. The van der Waals surface area contributed by atoms with E-state index < -0.39 is 17.9 Å². The van der Waals surface area contributed by atoms with Crippen LogP contribution < -0.4 is 5.32 Å². The number of rotatable bonds is 7. The van der Waals surface area contributed by atoms with Crippen molar-refractivity contribution < 1.29 is 23.5 Å². The first-order valence-corrected chi connectivity index (χ1v) is 11.4. The molecule has 0 radical (unpaired) electrons. The Morgan fingerprint density at radius 1 is 1.06 bits per heavy atom. The van der Waals surface area contributed by atoms with Crippen LogP contribution in [0.3, 0.4) is 0 Å². The number of nitrogens with zero attached hydrogens (tertiary/aromatic N) is 1. The van der Waals surface area contributed by atoms with Crippen LogP contribution in [0.5, 0.6) is 0 Å². The van der Waals surface area contributed by atoms with Crippen LogP contribution in [0, 0.1) is 11.7 Å². The fraction of sp³-hybridized carbons (Fsp3) is 0.423. The molecule has 2 amide bonds. The van der Waals surface area contributed by atoms with Gasteiger partial charge in [0.05, 0.1) is 5.92 Å². The van der Waals surface area contributed by atoms with Crippen LogP contribution in [0.4, 0.5) is 10.1 Å². The number of likely N-dealkylation sites (tertiary alicyclic amines) is 1. The summed E-state index contributed by atoms with van der Waals surface area (Å²) in [5.74, 6) is -1.46. The largest absolute Gasteiger partial charge is 0.452 e. The maximum atomic E-state index is 13.1. The fourth-order valence-corrected chi connectivity index (χ4v) is 3.91. The minimum atomic E-state index is -0.929. The standard InChI is InChI=1S/C26H31FN2O4/c1-4-17(2)22-7-5-6-8-23(22)28-24(30)18(3)33-26(32)20-13-15-29(16-14-20)25(31)19-9-11-21(27)12-10-19/h5-12,17-18,20H,4,13-16H2,1-3H3,(H,28,30). The molecule has 1 aliphatic rings. The van der Waals surface area contributed by atoms with Gasteiger partial charge in [-0.25, -0.2) is 4.39 Å². The van der Waals surface area contributed by atoms with Crippen molar-refractivity contribution in [2.75, 3.05) is 18.4 Å². The Balaban J connectivity index is 1.51. The van der Waals surface area contributed by atoms with Gasteiger partial charge in [-0.05, 0) is 68.0 Å². The summed E-state index contributed by atoms with van der Waals surface area (Å²) >= 11 is 0. The molecule has 0 bridgehead atoms. The van der Waals surface area contributed by atoms with Crippen molar-refractivity contribution in [2.24, 2.45) is 5.92 Å². The van der Waals surface area contributed by atoms with Gasteiger partial charge in [-0.15, -0.1) is 0 Å². The first-order chi connectivity index (χ1) is 15.8. The zero-order valence-electron chi connectivity index (χ0n) is 19.3. The maximum Gasteiger partial charge on any atom is 0.309 e. The molecule has 2 unspecified atom stereocenters. The number of piperidine rings is 1. The quantitative estimate of drug-likeness (QED) is 0.612. The Labute approximate surface area is 194 Å². The Morgan fingerprint density at radius 2 is 1.70 bits per heavy atom. The minimum Gasteiger partial charge on any atom is -0.452 e. The van der Waals surface area contributed by atoms with Gasteiger partial charge in [0, 0.05) is 24.3 Å². The number of ether oxygens (including phenoxy) is 1. The van der Waals surface area contributed by atoms with E-state index in [1.807, 2.05) is 24.3 Å². The lowest BCUT2D eigenvalue weighted by Crippen LogP contribution is -2.41. The second-order valence-electron chi connectivity index (χ2n) is 8.54. The Morgan fingerprint density at radius 3 is 2.33 bits per heavy atom. The van der Waals surface area contributed by atoms with E-state index in [1.165, 1.54) is 24.3 Å². The van der Waals surface area contributed by atoms with Gasteiger partial charge in [-0.1, -0.05) is 32.0 Å². The molecule has 1 fully saturated rings. The van der Waals surface area contributed by atoms with E-state index in [9.17, 15) is 18.8 Å². The number of carbonyl (C=O) groups is 3. The van der Waals surface area contributed by atoms with Crippen LogP contribution in [0.25, 0.3) is 0 Å². The molecule has 1 heterocycles. The average Bonchev–Trinajstić information content (AvgIpc) is 2.84. The molecule has 0 aliphatic carbocycles. The average molecular weight is 455 g/mol. The summed E-state index contributed by atoms with van der Waals surface area (Å²) in [5.41, 5.74) is 2.19. The third-order valence-corrected chi connectivity index (χ3v) is 6.23. The summed E-state index contributed by atoms with van der Waals surface area (Å²) in [6.45, 7) is 6.55. The minimum absolute atomic E-state index is 0.186. The van der Waals surface area contributed by atoms with Gasteiger partial charge in [0.15, 0.2) is 6.10 Å². The molecule has 6 nitrogen and oxygen atoms in total. The van der Waals surface area contributed by atoms with Crippen molar-refractivity contribution in [1.29, 1.82) is 0 Å². The lowest BCUT2D eigenvalue weighted by Gasteiger charge is -2.31. The lowest BCUT2D eigenvalue weighted by molar-refractivity contribution is -0.158. The molecule has 0 aromatic heterocycles. The summed E-state index contributed by atoms with van der Waals surface area (Å²) < 4.78 is 18.5. The molecule has 2 aromatic rings. The number of nitrogens with one attached hydrogen (secondary N) is 1. The van der Waals surface area contributed by atoms with Gasteiger partial charge >= 0.3 is 5.97 Å². The molecule has 33 heavy (non-hydrogen) atoms. The van der Waals surface area contributed by atoms with Gasteiger partial charge in [0.2, 0.25) is 0 Å². The lowest BCUT2D eigenvalue weighted by atomic mass is 9.96. The highest BCUT2D eigenvalue weighted by atomic mass is 19.1. The predicted molar refractivity (Wildman–Crippen MR) is 124 cm³/mol. The van der Waals surface area contributed by atoms with Crippen LogP contribution in [-0.4, -0.2) is 41.9 Å². The molecule has 2 atom stereocenters. The number of esters is 1. The van der Waals surface area contributed by atoms with Crippen molar-refractivity contribution in [3.8, 4) is 0 Å². The molecule has 1 N–H and O–H groups in total. The fourth-order valence-electron chi connectivity index (χ4n) is 3.91. The monoisotopic (exact) mass is 454 g/mol. The predicted octanol–water partition coefficient (Wildman–Crippen LogP) is 4.76. The van der Waals surface area contributed by atoms with E-state index in [1.54, 1.807) is 11.8 Å². The molecule has 2 aromatic carbocycles. The van der Waals surface area contributed by atoms with Crippen LogP contribution >= 0.6 is 0 Å². The van der Waals surface area contributed by atoms with Crippen molar-refractivity contribution in [2.45, 2.75) is 52.1 Å². The van der Waals surface area contributed by atoms with E-state index in [2.05, 4.69) is 19.2 Å². The van der Waals surface area contributed by atoms with E-state index in [-0.39, 0.29) is 17.7 Å². The number of hydrogen-bond acceptors (Lipinski definition) is 4. The molecule has 1 saturated heterocycles. The number of anilines is 1. The molecule has 7 heteroatoms. The van der Waals surface area contributed by atoms with Crippen LogP contribution in [0.15, 0.2) is 48.5 Å². The first-order valence-electron chi connectivity index (χ1n) is 11.4. The number of amides is 2. The normalized spacial score (nSPS) is 16.1. The summed E-state index contributed by atoms with van der Waals surface area (Å²) in [6.07, 6.45) is 0.926. The molecular weight excluding hydrogens is 423 g/mol. The number of carbonyl (C=O) groups excluding carboxylic acids is 3. The smallest absolute Gasteiger partial charge is 0.309 e. The van der Waals surface area contributed by atoms with Crippen molar-refractivity contribution >= 4 is 23.5 Å². The topological polar surface area (TPSA) is 75.7 Å². The van der Waals surface area contributed by atoms with Crippen LogP contribution in [0.1, 0.15) is 61.9 Å². The highest BCUT2D eigenvalue weighted by Crippen LogP contribution is 2.27. The van der Waals surface area contributed by atoms with Crippen LogP contribution in [0.2, 0.25) is 0 Å². The second-order valence-corrected chi connectivity index (χ2v) is 8.54. The van der Waals surface area contributed by atoms with Gasteiger partial charge in [0.25, 0.3) is 11.8 Å². The molecule has 176 valence electrons. The molecule has 0 spiro atoms. The number of halogens is 1. The Bertz CT molecular complexity index is 984. The zero-order chi connectivity index (χ0) is 24.0. The highest BCUT2D eigenvalue weighted by molar-refractivity contribution is 5.96. The summed E-state index contributed by atoms with van der Waals surface area (Å²) in [5, 5.41) is 2.88. The third kappa shape index (κ3) is 6.18. The van der Waals surface area contributed by atoms with E-state index in [4.69, 9.17) is 4.74 Å². The zero-order valence-corrected chi connectivity index (χ0v) is 19.3. The van der Waals surface area contributed by atoms with Crippen molar-refractivity contribution in [3.63, 3.8) is 0 Å². The number of para-hydroxylation sites is 1.